The van der Waals surface area contributed by atoms with Gasteiger partial charge in [-0.3, -0.25) is 0 Å². The molecule has 15 heavy (non-hydrogen) atoms. The molecule has 0 radical (unpaired) electrons. The molecule has 4 heteroatoms. The quantitative estimate of drug-likeness (QED) is 0.524. The van der Waals surface area contributed by atoms with Crippen molar-refractivity contribution in [2.24, 2.45) is 23.7 Å². The minimum atomic E-state index is -0.319. The molecule has 0 amide bonds. The summed E-state index contributed by atoms with van der Waals surface area (Å²) in [5.41, 5.74) is 0. The zero-order valence-corrected chi connectivity index (χ0v) is 13.6. The molecule has 0 heterocycles. The normalized spacial score (nSPS) is 40.4. The molecule has 1 rings (SSSR count). The second-order valence-corrected chi connectivity index (χ2v) is 6.79. The summed E-state index contributed by atoms with van der Waals surface area (Å²) < 4.78 is 0.448. The maximum absolute atomic E-state index is 10.0. The van der Waals surface area contributed by atoms with E-state index < -0.39 is 0 Å². The number of alkyl halides is 2. The highest BCUT2D eigenvalue weighted by Crippen LogP contribution is 2.47. The van der Waals surface area contributed by atoms with E-state index in [4.69, 9.17) is 0 Å². The van der Waals surface area contributed by atoms with Crippen LogP contribution in [0.3, 0.4) is 0 Å². The van der Waals surface area contributed by atoms with Crippen LogP contribution in [0.25, 0.3) is 0 Å². The topological polar surface area (TPSA) is 40.5 Å². The number of hydrogen-bond acceptors (Lipinski definition) is 2. The van der Waals surface area contributed by atoms with E-state index in [0.29, 0.717) is 11.8 Å². The lowest BCUT2D eigenvalue weighted by Gasteiger charge is -2.30. The zero-order chi connectivity index (χ0) is 11.6. The van der Waals surface area contributed by atoms with Crippen LogP contribution < -0.4 is 0 Å². The molecule has 0 spiro atoms. The molecule has 1 aliphatic carbocycles. The van der Waals surface area contributed by atoms with Crippen molar-refractivity contribution in [2.75, 3.05) is 4.43 Å². The van der Waals surface area contributed by atoms with Gasteiger partial charge in [0, 0.05) is 10.3 Å². The van der Waals surface area contributed by atoms with E-state index in [2.05, 4.69) is 59.0 Å². The first-order chi connectivity index (χ1) is 7.02. The molecule has 0 saturated heterocycles. The van der Waals surface area contributed by atoms with Crippen molar-refractivity contribution in [3.8, 4) is 0 Å². The predicted octanol–water partition coefficient (Wildman–Crippen LogP) is 2.83. The molecule has 2 N–H and O–H groups in total. The van der Waals surface area contributed by atoms with Crippen molar-refractivity contribution in [3.63, 3.8) is 0 Å². The zero-order valence-electron chi connectivity index (χ0n) is 9.24. The molecule has 6 atom stereocenters. The molecule has 1 aliphatic rings. The van der Waals surface area contributed by atoms with Gasteiger partial charge in [0.25, 0.3) is 0 Å². The summed E-state index contributed by atoms with van der Waals surface area (Å²) in [6.45, 7) is 4.39. The van der Waals surface area contributed by atoms with E-state index in [1.54, 1.807) is 0 Å². The van der Waals surface area contributed by atoms with E-state index in [0.717, 1.165) is 17.3 Å². The fraction of sp³-hybridized carbons (Fsp3) is 1.00. The van der Waals surface area contributed by atoms with Crippen molar-refractivity contribution in [3.05, 3.63) is 0 Å². The summed E-state index contributed by atoms with van der Waals surface area (Å²) in [6, 6.07) is 0. The molecule has 1 fully saturated rings. The molecular formula is C11H20I2O2. The maximum atomic E-state index is 10.0. The first-order valence-electron chi connectivity index (χ1n) is 5.59. The Morgan fingerprint density at radius 3 is 2.33 bits per heavy atom. The first kappa shape index (κ1) is 14.4. The van der Waals surface area contributed by atoms with Gasteiger partial charge >= 0.3 is 0 Å². The fourth-order valence-corrected chi connectivity index (χ4v) is 4.72. The molecule has 0 bridgehead atoms. The Balaban J connectivity index is 2.82. The van der Waals surface area contributed by atoms with Crippen LogP contribution in [-0.4, -0.2) is 24.9 Å². The standard InChI is InChI=1S/C11H20I2O2/c1-3-7-4-6(2)9(8(14)5-12)10(7)11(13)15/h6-11,14-15H,3-5H2,1-2H3. The number of rotatable bonds is 4. The van der Waals surface area contributed by atoms with Crippen molar-refractivity contribution < 1.29 is 10.2 Å². The van der Waals surface area contributed by atoms with Gasteiger partial charge in [0.15, 0.2) is 0 Å². The van der Waals surface area contributed by atoms with Crippen LogP contribution in [0.2, 0.25) is 0 Å². The Morgan fingerprint density at radius 1 is 1.33 bits per heavy atom. The van der Waals surface area contributed by atoms with Gasteiger partial charge in [0.05, 0.1) is 6.10 Å². The number of halogens is 2. The van der Waals surface area contributed by atoms with E-state index in [1.165, 1.54) is 0 Å². The van der Waals surface area contributed by atoms with Gasteiger partial charge in [0.1, 0.15) is 4.11 Å². The molecule has 0 aromatic carbocycles. The molecular weight excluding hydrogens is 418 g/mol. The van der Waals surface area contributed by atoms with E-state index in [-0.39, 0.29) is 22.1 Å². The van der Waals surface area contributed by atoms with Crippen molar-refractivity contribution in [2.45, 2.75) is 36.9 Å². The van der Waals surface area contributed by atoms with E-state index in [9.17, 15) is 10.2 Å². The SMILES string of the molecule is CCC1CC(C)C(C(O)CI)C1C(O)I. The Labute approximate surface area is 119 Å². The molecule has 0 aliphatic heterocycles. The van der Waals surface area contributed by atoms with Gasteiger partial charge in [-0.2, -0.15) is 0 Å². The lowest BCUT2D eigenvalue weighted by atomic mass is 9.84. The van der Waals surface area contributed by atoms with Gasteiger partial charge in [-0.25, -0.2) is 0 Å². The molecule has 1 saturated carbocycles. The monoisotopic (exact) mass is 438 g/mol. The van der Waals surface area contributed by atoms with Gasteiger partial charge < -0.3 is 10.2 Å². The van der Waals surface area contributed by atoms with Crippen molar-refractivity contribution >= 4 is 45.2 Å². The fourth-order valence-electron chi connectivity index (χ4n) is 3.07. The molecule has 0 aromatic heterocycles. The van der Waals surface area contributed by atoms with E-state index in [1.807, 2.05) is 0 Å². The van der Waals surface area contributed by atoms with Crippen molar-refractivity contribution in [1.82, 2.24) is 0 Å². The van der Waals surface area contributed by atoms with Crippen LogP contribution in [0.5, 0.6) is 0 Å². The Bertz CT molecular complexity index is 199. The Kier molecular flexibility index (Phi) is 6.11. The van der Waals surface area contributed by atoms with Crippen LogP contribution >= 0.6 is 45.2 Å². The minimum Gasteiger partial charge on any atom is -0.392 e. The van der Waals surface area contributed by atoms with Crippen LogP contribution in [-0.2, 0) is 0 Å². The molecule has 6 unspecified atom stereocenters. The van der Waals surface area contributed by atoms with Crippen LogP contribution in [0, 0.1) is 23.7 Å². The highest BCUT2D eigenvalue weighted by molar-refractivity contribution is 14.1. The maximum Gasteiger partial charge on any atom is 0.108 e. The first-order valence-corrected chi connectivity index (χ1v) is 8.36. The molecule has 90 valence electrons. The molecule has 0 aromatic rings. The van der Waals surface area contributed by atoms with Crippen molar-refractivity contribution in [1.29, 1.82) is 0 Å². The lowest BCUT2D eigenvalue weighted by Crippen LogP contribution is -2.35. The lowest BCUT2D eigenvalue weighted by molar-refractivity contribution is 0.0465. The third-order valence-electron chi connectivity index (χ3n) is 3.76. The molecule has 2 nitrogen and oxygen atoms in total. The third kappa shape index (κ3) is 3.19. The van der Waals surface area contributed by atoms with Crippen LogP contribution in [0.15, 0.2) is 0 Å². The highest BCUT2D eigenvalue weighted by atomic mass is 127. The highest BCUT2D eigenvalue weighted by Gasteiger charge is 2.45. The van der Waals surface area contributed by atoms with Gasteiger partial charge in [0.2, 0.25) is 0 Å². The summed E-state index contributed by atoms with van der Waals surface area (Å²) in [7, 11) is 0. The summed E-state index contributed by atoms with van der Waals surface area (Å²) in [5.74, 6) is 1.66. The van der Waals surface area contributed by atoms with Gasteiger partial charge in [-0.15, -0.1) is 0 Å². The van der Waals surface area contributed by atoms with Crippen LogP contribution in [0.1, 0.15) is 26.7 Å². The Hall–Kier alpha value is 1.38. The largest absolute Gasteiger partial charge is 0.392 e. The summed E-state index contributed by atoms with van der Waals surface area (Å²) in [5, 5.41) is 19.9. The average Bonchev–Trinajstić information content (AvgIpc) is 2.54. The predicted molar refractivity (Wildman–Crippen MR) is 79.5 cm³/mol. The van der Waals surface area contributed by atoms with Gasteiger partial charge in [-0.05, 0) is 24.2 Å². The Morgan fingerprint density at radius 2 is 1.93 bits per heavy atom. The number of hydrogen-bond donors (Lipinski definition) is 2. The summed E-state index contributed by atoms with van der Waals surface area (Å²) >= 11 is 4.33. The van der Waals surface area contributed by atoms with Crippen LogP contribution in [0.4, 0.5) is 0 Å². The minimum absolute atomic E-state index is 0.258. The number of aliphatic hydroxyl groups is 2. The summed E-state index contributed by atoms with van der Waals surface area (Å²) in [4.78, 5) is 0. The smallest absolute Gasteiger partial charge is 0.108 e. The van der Waals surface area contributed by atoms with E-state index >= 15 is 0 Å². The van der Waals surface area contributed by atoms with Gasteiger partial charge in [-0.1, -0.05) is 65.5 Å². The second-order valence-electron chi connectivity index (χ2n) is 4.63. The average molecular weight is 438 g/mol. The second kappa shape index (κ2) is 6.35. The number of aliphatic hydroxyl groups excluding tert-OH is 2. The third-order valence-corrected chi connectivity index (χ3v) is 5.50. The summed E-state index contributed by atoms with van der Waals surface area (Å²) in [6.07, 6.45) is 2.01.